The van der Waals surface area contributed by atoms with Crippen LogP contribution in [0.3, 0.4) is 0 Å². The van der Waals surface area contributed by atoms with Gasteiger partial charge in [-0.15, -0.1) is 0 Å². The van der Waals surface area contributed by atoms with E-state index in [0.29, 0.717) is 37.2 Å². The third-order valence-electron chi connectivity index (χ3n) is 7.63. The van der Waals surface area contributed by atoms with Gasteiger partial charge in [-0.05, 0) is 30.2 Å². The lowest BCUT2D eigenvalue weighted by Crippen LogP contribution is -2.58. The van der Waals surface area contributed by atoms with E-state index in [9.17, 15) is 14.9 Å². The first kappa shape index (κ1) is 22.7. The van der Waals surface area contributed by atoms with E-state index < -0.39 is 17.2 Å². The number of carbonyl (C=O) groups excluding carboxylic acids is 2. The summed E-state index contributed by atoms with van der Waals surface area (Å²) in [6.45, 7) is 3.22. The summed E-state index contributed by atoms with van der Waals surface area (Å²) in [4.78, 5) is 30.0. The monoisotopic (exact) mass is 469 g/mol. The van der Waals surface area contributed by atoms with Crippen molar-refractivity contribution in [2.45, 2.75) is 37.5 Å². The number of ether oxygens (including phenoxy) is 1. The lowest BCUT2D eigenvalue weighted by molar-refractivity contribution is -0.0552. The standard InChI is InChI=1S/C27H27N5O3/c1-26(22-10-4-3-5-11-22)27(13-16-31(17-14-27)24(33)23-12-15-29-30(23)2)35-25(34)32(26)19-21-9-7-6-8-20(21)18-28/h3-12,15H,13-14,16-17,19H2,1-2H3. The molecule has 2 amide bonds. The Morgan fingerprint density at radius 2 is 1.77 bits per heavy atom. The number of aromatic nitrogens is 2. The summed E-state index contributed by atoms with van der Waals surface area (Å²) in [5, 5.41) is 13.7. The van der Waals surface area contributed by atoms with Crippen LogP contribution in [0.5, 0.6) is 0 Å². The molecular weight excluding hydrogens is 442 g/mol. The van der Waals surface area contributed by atoms with Crippen molar-refractivity contribution in [2.24, 2.45) is 7.05 Å². The molecule has 0 radical (unpaired) electrons. The lowest BCUT2D eigenvalue weighted by Gasteiger charge is -2.48. The zero-order valence-electron chi connectivity index (χ0n) is 19.8. The average molecular weight is 470 g/mol. The molecule has 3 aromatic rings. The maximum absolute atomic E-state index is 13.4. The van der Waals surface area contributed by atoms with Crippen LogP contribution in [0.15, 0.2) is 66.9 Å². The predicted molar refractivity (Wildman–Crippen MR) is 128 cm³/mol. The molecule has 2 aromatic carbocycles. The van der Waals surface area contributed by atoms with Crippen LogP contribution in [0.4, 0.5) is 4.79 Å². The largest absolute Gasteiger partial charge is 0.440 e. The Hall–Kier alpha value is -4.12. The highest BCUT2D eigenvalue weighted by Crippen LogP contribution is 2.52. The van der Waals surface area contributed by atoms with Gasteiger partial charge in [0.15, 0.2) is 0 Å². The van der Waals surface area contributed by atoms with Crippen LogP contribution in [-0.4, -0.2) is 50.3 Å². The molecule has 0 aliphatic carbocycles. The summed E-state index contributed by atoms with van der Waals surface area (Å²) in [6, 6.07) is 21.2. The molecule has 1 aromatic heterocycles. The second-order valence-corrected chi connectivity index (χ2v) is 9.29. The van der Waals surface area contributed by atoms with Crippen molar-refractivity contribution in [1.82, 2.24) is 19.6 Å². The highest BCUT2D eigenvalue weighted by molar-refractivity contribution is 5.92. The molecule has 1 spiro atoms. The van der Waals surface area contributed by atoms with Crippen LogP contribution < -0.4 is 0 Å². The topological polar surface area (TPSA) is 91.5 Å². The molecule has 178 valence electrons. The number of likely N-dealkylation sites (tertiary alicyclic amines) is 1. The molecule has 0 bridgehead atoms. The van der Waals surface area contributed by atoms with Gasteiger partial charge in [-0.1, -0.05) is 48.5 Å². The highest BCUT2D eigenvalue weighted by atomic mass is 16.6. The Labute approximate surface area is 204 Å². The Morgan fingerprint density at radius 1 is 1.09 bits per heavy atom. The molecule has 2 aliphatic heterocycles. The van der Waals surface area contributed by atoms with Crippen molar-refractivity contribution in [3.05, 3.63) is 89.2 Å². The molecule has 2 fully saturated rings. The first-order valence-electron chi connectivity index (χ1n) is 11.7. The number of aryl methyl sites for hydroxylation is 1. The second-order valence-electron chi connectivity index (χ2n) is 9.29. The number of amides is 2. The van der Waals surface area contributed by atoms with Crippen LogP contribution in [0.2, 0.25) is 0 Å². The van der Waals surface area contributed by atoms with Crippen LogP contribution in [-0.2, 0) is 23.9 Å². The summed E-state index contributed by atoms with van der Waals surface area (Å²) in [7, 11) is 1.75. The summed E-state index contributed by atoms with van der Waals surface area (Å²) in [5.74, 6) is -0.0783. The van der Waals surface area contributed by atoms with E-state index in [1.165, 1.54) is 0 Å². The van der Waals surface area contributed by atoms with Gasteiger partial charge in [0.25, 0.3) is 5.91 Å². The molecule has 35 heavy (non-hydrogen) atoms. The molecule has 1 unspecified atom stereocenters. The van der Waals surface area contributed by atoms with Crippen molar-refractivity contribution >= 4 is 12.0 Å². The molecule has 2 aliphatic rings. The maximum atomic E-state index is 13.4. The fraction of sp³-hybridized carbons (Fsp3) is 0.333. The number of rotatable bonds is 4. The predicted octanol–water partition coefficient (Wildman–Crippen LogP) is 3.83. The molecule has 0 saturated carbocycles. The molecule has 0 N–H and O–H groups in total. The minimum Gasteiger partial charge on any atom is -0.440 e. The van der Waals surface area contributed by atoms with Crippen molar-refractivity contribution in [1.29, 1.82) is 5.26 Å². The normalized spacial score (nSPS) is 21.1. The van der Waals surface area contributed by atoms with E-state index in [4.69, 9.17) is 4.74 Å². The minimum absolute atomic E-state index is 0.0783. The highest BCUT2D eigenvalue weighted by Gasteiger charge is 2.63. The number of piperidine rings is 1. The van der Waals surface area contributed by atoms with E-state index in [0.717, 1.165) is 11.1 Å². The van der Waals surface area contributed by atoms with Crippen molar-refractivity contribution in [3.63, 3.8) is 0 Å². The maximum Gasteiger partial charge on any atom is 0.411 e. The van der Waals surface area contributed by atoms with Gasteiger partial charge < -0.3 is 9.64 Å². The van der Waals surface area contributed by atoms with E-state index >= 15 is 0 Å². The summed E-state index contributed by atoms with van der Waals surface area (Å²) < 4.78 is 7.78. The van der Waals surface area contributed by atoms with Gasteiger partial charge in [-0.25, -0.2) is 4.79 Å². The molecule has 8 heteroatoms. The first-order valence-corrected chi connectivity index (χ1v) is 11.7. The molecule has 8 nitrogen and oxygen atoms in total. The fourth-order valence-corrected chi connectivity index (χ4v) is 5.50. The fourth-order valence-electron chi connectivity index (χ4n) is 5.50. The van der Waals surface area contributed by atoms with E-state index in [1.807, 2.05) is 55.5 Å². The first-order chi connectivity index (χ1) is 16.9. The van der Waals surface area contributed by atoms with E-state index in [1.54, 1.807) is 39.9 Å². The second kappa shape index (κ2) is 8.58. The van der Waals surface area contributed by atoms with Gasteiger partial charge >= 0.3 is 6.09 Å². The van der Waals surface area contributed by atoms with Gasteiger partial charge in [-0.3, -0.25) is 14.4 Å². The number of nitrogens with zero attached hydrogens (tertiary/aromatic N) is 5. The van der Waals surface area contributed by atoms with Crippen molar-refractivity contribution in [2.75, 3.05) is 13.1 Å². The van der Waals surface area contributed by atoms with Crippen LogP contribution in [0.25, 0.3) is 0 Å². The number of hydrogen-bond acceptors (Lipinski definition) is 5. The van der Waals surface area contributed by atoms with Gasteiger partial charge in [0, 0.05) is 39.2 Å². The SMILES string of the molecule is Cn1nccc1C(=O)N1CCC2(CC1)OC(=O)N(Cc1ccccc1C#N)C2(C)c1ccccc1. The van der Waals surface area contributed by atoms with E-state index in [-0.39, 0.29) is 12.5 Å². The zero-order valence-corrected chi connectivity index (χ0v) is 19.8. The number of benzene rings is 2. The van der Waals surface area contributed by atoms with Crippen molar-refractivity contribution < 1.29 is 14.3 Å². The Balaban J connectivity index is 1.49. The van der Waals surface area contributed by atoms with Gasteiger partial charge in [0.05, 0.1) is 18.2 Å². The molecule has 3 heterocycles. The average Bonchev–Trinajstić information content (AvgIpc) is 3.40. The zero-order chi connectivity index (χ0) is 24.6. The van der Waals surface area contributed by atoms with Crippen LogP contribution >= 0.6 is 0 Å². The molecule has 5 rings (SSSR count). The van der Waals surface area contributed by atoms with Gasteiger partial charge in [0.1, 0.15) is 16.8 Å². The summed E-state index contributed by atoms with van der Waals surface area (Å²) in [5.41, 5.74) is 1.21. The Morgan fingerprint density at radius 3 is 2.43 bits per heavy atom. The van der Waals surface area contributed by atoms with Gasteiger partial charge in [-0.2, -0.15) is 10.4 Å². The lowest BCUT2D eigenvalue weighted by atomic mass is 9.70. The third kappa shape index (κ3) is 3.55. The smallest absolute Gasteiger partial charge is 0.411 e. The Bertz CT molecular complexity index is 1300. The molecular formula is C27H27N5O3. The van der Waals surface area contributed by atoms with Gasteiger partial charge in [0.2, 0.25) is 0 Å². The third-order valence-corrected chi connectivity index (χ3v) is 7.63. The quantitative estimate of drug-likeness (QED) is 0.579. The number of nitriles is 1. The summed E-state index contributed by atoms with van der Waals surface area (Å²) in [6.07, 6.45) is 2.21. The molecule has 1 atom stereocenters. The number of hydrogen-bond donors (Lipinski definition) is 0. The van der Waals surface area contributed by atoms with Crippen LogP contribution in [0.1, 0.15) is 46.9 Å². The Kier molecular flexibility index (Phi) is 5.56. The van der Waals surface area contributed by atoms with Crippen molar-refractivity contribution in [3.8, 4) is 6.07 Å². The molecule has 2 saturated heterocycles. The van der Waals surface area contributed by atoms with E-state index in [2.05, 4.69) is 11.2 Å². The number of carbonyl (C=O) groups is 2. The van der Waals surface area contributed by atoms with Crippen LogP contribution in [0, 0.1) is 11.3 Å². The minimum atomic E-state index is -0.809. The summed E-state index contributed by atoms with van der Waals surface area (Å²) >= 11 is 0.